The summed E-state index contributed by atoms with van der Waals surface area (Å²) < 4.78 is 8.60. The number of anilines is 1. The summed E-state index contributed by atoms with van der Waals surface area (Å²) in [4.78, 5) is 22.5. The number of nitrogens with zero attached hydrogens (tertiary/aromatic N) is 2. The molecule has 0 aliphatic heterocycles. The average Bonchev–Trinajstić information content (AvgIpc) is 2.91. The predicted octanol–water partition coefficient (Wildman–Crippen LogP) is 1.25. The van der Waals surface area contributed by atoms with Crippen molar-refractivity contribution in [1.82, 2.24) is 9.59 Å². The maximum absolute atomic E-state index is 11.7. The molecule has 0 saturated heterocycles. The fraction of sp³-hybridized carbons (Fsp3) is 0.0909. The molecule has 0 fully saturated rings. The number of carbonyl (C=O) groups is 2. The Kier molecular flexibility index (Phi) is 4.04. The molecule has 19 heavy (non-hydrogen) atoms. The van der Waals surface area contributed by atoms with Gasteiger partial charge in [0.05, 0.1) is 6.20 Å². The number of nitrogens with one attached hydrogen (secondary N) is 1. The van der Waals surface area contributed by atoms with Gasteiger partial charge in [-0.15, -0.1) is 5.10 Å². The lowest BCUT2D eigenvalue weighted by atomic mass is 10.3. The number of hydrogen-bond donors (Lipinski definition) is 2. The quantitative estimate of drug-likeness (QED) is 0.854. The van der Waals surface area contributed by atoms with Gasteiger partial charge in [-0.2, -0.15) is 0 Å². The molecule has 0 unspecified atom stereocenters. The topological polar surface area (TPSA) is 101 Å². The number of aliphatic carboxylic acids is 1. The lowest BCUT2D eigenvalue weighted by molar-refractivity contribution is -0.139. The summed E-state index contributed by atoms with van der Waals surface area (Å²) >= 11 is 0.987. The van der Waals surface area contributed by atoms with Crippen molar-refractivity contribution in [1.29, 1.82) is 0 Å². The van der Waals surface area contributed by atoms with Gasteiger partial charge in [0.2, 0.25) is 0 Å². The van der Waals surface area contributed by atoms with Crippen molar-refractivity contribution in [3.8, 4) is 5.75 Å². The van der Waals surface area contributed by atoms with Crippen LogP contribution in [0.4, 0.5) is 5.69 Å². The molecule has 1 aromatic carbocycles. The number of carboxylic acids is 1. The van der Waals surface area contributed by atoms with E-state index in [1.165, 1.54) is 12.3 Å². The molecule has 8 heteroatoms. The molecule has 7 nitrogen and oxygen atoms in total. The summed E-state index contributed by atoms with van der Waals surface area (Å²) in [5, 5.41) is 14.7. The monoisotopic (exact) mass is 279 g/mol. The summed E-state index contributed by atoms with van der Waals surface area (Å²) in [6.07, 6.45) is 1.37. The Hall–Kier alpha value is -2.48. The van der Waals surface area contributed by atoms with E-state index in [1.54, 1.807) is 18.2 Å². The number of amides is 1. The normalized spacial score (nSPS) is 9.89. The highest BCUT2D eigenvalue weighted by molar-refractivity contribution is 7.07. The molecular weight excluding hydrogens is 270 g/mol. The predicted molar refractivity (Wildman–Crippen MR) is 67.4 cm³/mol. The lowest BCUT2D eigenvalue weighted by Crippen LogP contribution is -2.11. The van der Waals surface area contributed by atoms with Gasteiger partial charge in [0.25, 0.3) is 5.91 Å². The second-order valence-electron chi connectivity index (χ2n) is 3.45. The fourth-order valence-corrected chi connectivity index (χ4v) is 1.68. The zero-order valence-electron chi connectivity index (χ0n) is 9.57. The third-order valence-electron chi connectivity index (χ3n) is 2.04. The van der Waals surface area contributed by atoms with Crippen LogP contribution >= 0.6 is 11.5 Å². The van der Waals surface area contributed by atoms with Crippen LogP contribution < -0.4 is 10.1 Å². The van der Waals surface area contributed by atoms with Gasteiger partial charge in [0.15, 0.2) is 6.61 Å². The highest BCUT2D eigenvalue weighted by Crippen LogP contribution is 2.18. The van der Waals surface area contributed by atoms with Crippen LogP contribution in [0.1, 0.15) is 9.67 Å². The van der Waals surface area contributed by atoms with Crippen LogP contribution in [0.5, 0.6) is 5.75 Å². The largest absolute Gasteiger partial charge is 0.482 e. The molecule has 1 amide bonds. The van der Waals surface area contributed by atoms with Crippen molar-refractivity contribution >= 4 is 29.1 Å². The first-order chi connectivity index (χ1) is 9.15. The minimum absolute atomic E-state index is 0.328. The molecule has 0 radical (unpaired) electrons. The third kappa shape index (κ3) is 3.75. The second-order valence-corrected chi connectivity index (χ2v) is 4.23. The van der Waals surface area contributed by atoms with Gasteiger partial charge in [-0.05, 0) is 23.7 Å². The maximum Gasteiger partial charge on any atom is 0.341 e. The zero-order chi connectivity index (χ0) is 13.7. The summed E-state index contributed by atoms with van der Waals surface area (Å²) in [7, 11) is 0. The number of benzene rings is 1. The van der Waals surface area contributed by atoms with Crippen LogP contribution in [0.25, 0.3) is 0 Å². The molecule has 98 valence electrons. The number of carbonyl (C=O) groups excluding carboxylic acids is 1. The highest BCUT2D eigenvalue weighted by atomic mass is 32.1. The molecular formula is C11H9N3O4S. The first-order valence-corrected chi connectivity index (χ1v) is 5.96. The van der Waals surface area contributed by atoms with E-state index in [2.05, 4.69) is 14.9 Å². The van der Waals surface area contributed by atoms with Gasteiger partial charge in [0, 0.05) is 11.8 Å². The molecule has 2 aromatic rings. The van der Waals surface area contributed by atoms with Crippen LogP contribution in [0.15, 0.2) is 30.5 Å². The molecule has 0 atom stereocenters. The number of aromatic nitrogens is 2. The van der Waals surface area contributed by atoms with Crippen LogP contribution in [0.2, 0.25) is 0 Å². The van der Waals surface area contributed by atoms with E-state index >= 15 is 0 Å². The highest BCUT2D eigenvalue weighted by Gasteiger charge is 2.09. The summed E-state index contributed by atoms with van der Waals surface area (Å²) in [6, 6.07) is 6.46. The van der Waals surface area contributed by atoms with E-state index < -0.39 is 12.6 Å². The molecule has 0 bridgehead atoms. The first kappa shape index (κ1) is 13.0. The second kappa shape index (κ2) is 5.91. The third-order valence-corrected chi connectivity index (χ3v) is 2.70. The average molecular weight is 279 g/mol. The van der Waals surface area contributed by atoms with Crippen LogP contribution in [0.3, 0.4) is 0 Å². The first-order valence-electron chi connectivity index (χ1n) is 5.18. The van der Waals surface area contributed by atoms with E-state index in [0.717, 1.165) is 11.5 Å². The van der Waals surface area contributed by atoms with Crippen molar-refractivity contribution in [2.45, 2.75) is 0 Å². The SMILES string of the molecule is O=C(O)COc1cccc(NC(=O)c2cnns2)c1. The Bertz CT molecular complexity index is 585. The van der Waals surface area contributed by atoms with Crippen LogP contribution in [-0.2, 0) is 4.79 Å². The number of ether oxygens (including phenoxy) is 1. The molecule has 0 aliphatic rings. The Morgan fingerprint density at radius 2 is 2.26 bits per heavy atom. The minimum Gasteiger partial charge on any atom is -0.482 e. The zero-order valence-corrected chi connectivity index (χ0v) is 10.4. The van der Waals surface area contributed by atoms with Crippen LogP contribution in [-0.4, -0.2) is 33.2 Å². The minimum atomic E-state index is -1.06. The fourth-order valence-electron chi connectivity index (χ4n) is 1.27. The van der Waals surface area contributed by atoms with Gasteiger partial charge in [-0.25, -0.2) is 4.79 Å². The Balaban J connectivity index is 2.02. The molecule has 2 N–H and O–H groups in total. The van der Waals surface area contributed by atoms with E-state index in [4.69, 9.17) is 9.84 Å². The Morgan fingerprint density at radius 1 is 1.42 bits per heavy atom. The van der Waals surface area contributed by atoms with Gasteiger partial charge in [-0.1, -0.05) is 10.6 Å². The van der Waals surface area contributed by atoms with Crippen molar-refractivity contribution in [3.05, 3.63) is 35.3 Å². The molecule has 1 aromatic heterocycles. The summed E-state index contributed by atoms with van der Waals surface area (Å²) in [5.41, 5.74) is 0.501. The standard InChI is InChI=1S/C11H9N3O4S/c15-10(16)6-18-8-3-1-2-7(4-8)13-11(17)9-5-12-14-19-9/h1-5H,6H2,(H,13,17)(H,15,16). The Labute approximate surface area is 112 Å². The van der Waals surface area contributed by atoms with Crippen molar-refractivity contribution in [2.24, 2.45) is 0 Å². The molecule has 2 rings (SSSR count). The van der Waals surface area contributed by atoms with Crippen LogP contribution in [0, 0.1) is 0 Å². The van der Waals surface area contributed by atoms with Crippen molar-refractivity contribution in [3.63, 3.8) is 0 Å². The maximum atomic E-state index is 11.7. The summed E-state index contributed by atoms with van der Waals surface area (Å²) in [6.45, 7) is -0.434. The summed E-state index contributed by atoms with van der Waals surface area (Å²) in [5.74, 6) is -1.03. The van der Waals surface area contributed by atoms with Crippen molar-refractivity contribution < 1.29 is 19.4 Å². The number of rotatable bonds is 5. The van der Waals surface area contributed by atoms with Gasteiger partial charge in [-0.3, -0.25) is 4.79 Å². The molecule has 0 aliphatic carbocycles. The number of hydrogen-bond acceptors (Lipinski definition) is 6. The smallest absolute Gasteiger partial charge is 0.341 e. The molecule has 0 spiro atoms. The molecule has 1 heterocycles. The van der Waals surface area contributed by atoms with Gasteiger partial charge >= 0.3 is 5.97 Å². The number of carboxylic acid groups (broad SMARTS) is 1. The van der Waals surface area contributed by atoms with E-state index in [0.29, 0.717) is 16.3 Å². The molecule has 0 saturated carbocycles. The van der Waals surface area contributed by atoms with E-state index in [1.807, 2.05) is 0 Å². The van der Waals surface area contributed by atoms with Gasteiger partial charge < -0.3 is 15.2 Å². The Morgan fingerprint density at radius 3 is 2.95 bits per heavy atom. The lowest BCUT2D eigenvalue weighted by Gasteiger charge is -2.06. The van der Waals surface area contributed by atoms with E-state index in [-0.39, 0.29) is 5.91 Å². The van der Waals surface area contributed by atoms with Gasteiger partial charge in [0.1, 0.15) is 10.6 Å². The van der Waals surface area contributed by atoms with Crippen molar-refractivity contribution in [2.75, 3.05) is 11.9 Å². The van der Waals surface area contributed by atoms with E-state index in [9.17, 15) is 9.59 Å².